The lowest BCUT2D eigenvalue weighted by atomic mass is 10.2. The molecule has 146 valence electrons. The molecule has 0 amide bonds. The number of halogens is 1. The Morgan fingerprint density at radius 2 is 2.11 bits per heavy atom. The normalized spacial score (nSPS) is 15.2. The van der Waals surface area contributed by atoms with Gasteiger partial charge < -0.3 is 9.84 Å². The van der Waals surface area contributed by atoms with Gasteiger partial charge in [0.1, 0.15) is 10.7 Å². The highest BCUT2D eigenvalue weighted by atomic mass is 35.5. The molecule has 0 spiro atoms. The Bertz CT molecular complexity index is 1010. The van der Waals surface area contributed by atoms with Crippen LogP contribution in [0.4, 0.5) is 0 Å². The van der Waals surface area contributed by atoms with Gasteiger partial charge in [-0.3, -0.25) is 9.36 Å². The number of likely N-dealkylation sites (N-methyl/N-ethyl adjacent to an activating group) is 1. The number of thiophene rings is 1. The van der Waals surface area contributed by atoms with Crippen LogP contribution in [-0.2, 0) is 19.4 Å². The van der Waals surface area contributed by atoms with E-state index in [4.69, 9.17) is 9.51 Å². The number of rotatable bonds is 4. The topological polar surface area (TPSA) is 85.8 Å². The highest BCUT2D eigenvalue weighted by Gasteiger charge is 2.22. The molecule has 27 heavy (non-hydrogen) atoms. The van der Waals surface area contributed by atoms with Gasteiger partial charge in [0.2, 0.25) is 0 Å². The minimum absolute atomic E-state index is 0. The van der Waals surface area contributed by atoms with Crippen molar-refractivity contribution < 1.29 is 4.52 Å². The minimum atomic E-state index is 0. The van der Waals surface area contributed by atoms with Gasteiger partial charge >= 0.3 is 0 Å². The lowest BCUT2D eigenvalue weighted by molar-refractivity contribution is 0.419. The van der Waals surface area contributed by atoms with Crippen molar-refractivity contribution in [3.05, 3.63) is 27.6 Å². The fraction of sp³-hybridized carbons (Fsp3) is 0.556. The first-order valence-corrected chi connectivity index (χ1v) is 9.93. The van der Waals surface area contributed by atoms with Gasteiger partial charge in [-0.1, -0.05) is 11.6 Å². The van der Waals surface area contributed by atoms with E-state index in [1.165, 1.54) is 11.3 Å². The van der Waals surface area contributed by atoms with Gasteiger partial charge in [0.15, 0.2) is 5.82 Å². The maximum Gasteiger partial charge on any atom is 0.268 e. The summed E-state index contributed by atoms with van der Waals surface area (Å²) in [6, 6.07) is 0.269. The predicted octanol–water partition coefficient (Wildman–Crippen LogP) is 3.12. The molecule has 7 nitrogen and oxygen atoms in total. The number of nitrogens with one attached hydrogen (secondary N) is 1. The van der Waals surface area contributed by atoms with Gasteiger partial charge in [0.25, 0.3) is 11.4 Å². The monoisotopic (exact) mass is 409 g/mol. The largest absolute Gasteiger partial charge is 0.333 e. The molecule has 4 heterocycles. The van der Waals surface area contributed by atoms with Gasteiger partial charge in [-0.05, 0) is 39.3 Å². The Morgan fingerprint density at radius 1 is 1.30 bits per heavy atom. The maximum absolute atomic E-state index is 13.0. The SMILES string of the molecule is CNC(C)Cc1noc(-c2sc3nc4n(c(=O)c3c2C)CCCCC4)n1.Cl. The zero-order valence-electron chi connectivity index (χ0n) is 15.7. The van der Waals surface area contributed by atoms with Crippen LogP contribution in [0.1, 0.15) is 43.4 Å². The molecule has 3 aromatic heterocycles. The lowest BCUT2D eigenvalue weighted by Crippen LogP contribution is -2.24. The second kappa shape index (κ2) is 8.08. The molecule has 1 unspecified atom stereocenters. The van der Waals surface area contributed by atoms with Crippen molar-refractivity contribution in [2.24, 2.45) is 0 Å². The highest BCUT2D eigenvalue weighted by molar-refractivity contribution is 7.22. The fourth-order valence-electron chi connectivity index (χ4n) is 3.42. The minimum Gasteiger partial charge on any atom is -0.333 e. The van der Waals surface area contributed by atoms with Gasteiger partial charge in [-0.25, -0.2) is 4.98 Å². The molecule has 1 aliphatic rings. The molecule has 0 radical (unpaired) electrons. The molecule has 1 N–H and O–H groups in total. The lowest BCUT2D eigenvalue weighted by Gasteiger charge is -2.08. The van der Waals surface area contributed by atoms with E-state index in [0.29, 0.717) is 23.5 Å². The fourth-order valence-corrected chi connectivity index (χ4v) is 4.53. The van der Waals surface area contributed by atoms with Crippen LogP contribution < -0.4 is 10.9 Å². The number of hydrogen-bond donors (Lipinski definition) is 1. The molecular formula is C18H24ClN5O2S. The van der Waals surface area contributed by atoms with Gasteiger partial charge in [-0.15, -0.1) is 23.7 Å². The highest BCUT2D eigenvalue weighted by Crippen LogP contribution is 2.35. The van der Waals surface area contributed by atoms with Gasteiger partial charge in [-0.2, -0.15) is 4.98 Å². The Balaban J connectivity index is 0.00000210. The third-order valence-corrected chi connectivity index (χ3v) is 6.23. The third kappa shape index (κ3) is 3.66. The zero-order chi connectivity index (χ0) is 18.3. The van der Waals surface area contributed by atoms with Crippen molar-refractivity contribution in [3.8, 4) is 10.8 Å². The number of hydrogen-bond acceptors (Lipinski definition) is 7. The average molecular weight is 410 g/mol. The molecule has 0 aromatic carbocycles. The Labute approximate surface area is 167 Å². The van der Waals surface area contributed by atoms with E-state index in [9.17, 15) is 4.79 Å². The van der Waals surface area contributed by atoms with Crippen LogP contribution in [-0.4, -0.2) is 32.8 Å². The van der Waals surface area contributed by atoms with Gasteiger partial charge in [0, 0.05) is 25.4 Å². The molecule has 0 saturated heterocycles. The molecule has 0 fully saturated rings. The van der Waals surface area contributed by atoms with Crippen LogP contribution in [0.5, 0.6) is 0 Å². The molecule has 0 saturated carbocycles. The Morgan fingerprint density at radius 3 is 2.89 bits per heavy atom. The smallest absolute Gasteiger partial charge is 0.268 e. The summed E-state index contributed by atoms with van der Waals surface area (Å²) in [5, 5.41) is 7.94. The van der Waals surface area contributed by atoms with Crippen molar-refractivity contribution in [1.82, 2.24) is 25.0 Å². The quantitative estimate of drug-likeness (QED) is 0.712. The van der Waals surface area contributed by atoms with Gasteiger partial charge in [0.05, 0.1) is 10.3 Å². The number of nitrogens with zero attached hydrogens (tertiary/aromatic N) is 4. The van der Waals surface area contributed by atoms with Crippen LogP contribution >= 0.6 is 23.7 Å². The number of fused-ring (bicyclic) bond motifs is 2. The first-order chi connectivity index (χ1) is 12.6. The molecule has 3 aromatic rings. The first-order valence-electron chi connectivity index (χ1n) is 9.11. The number of aryl methyl sites for hydroxylation is 2. The van der Waals surface area contributed by atoms with E-state index in [-0.39, 0.29) is 24.0 Å². The van der Waals surface area contributed by atoms with E-state index < -0.39 is 0 Å². The summed E-state index contributed by atoms with van der Waals surface area (Å²) in [7, 11) is 1.91. The summed E-state index contributed by atoms with van der Waals surface area (Å²) in [6.07, 6.45) is 4.83. The summed E-state index contributed by atoms with van der Waals surface area (Å²) in [5.41, 5.74) is 0.953. The van der Waals surface area contributed by atoms with E-state index in [1.807, 2.05) is 18.5 Å². The van der Waals surface area contributed by atoms with Crippen molar-refractivity contribution >= 4 is 34.0 Å². The zero-order valence-corrected chi connectivity index (χ0v) is 17.4. The van der Waals surface area contributed by atoms with E-state index in [2.05, 4.69) is 22.4 Å². The van der Waals surface area contributed by atoms with E-state index in [1.54, 1.807) is 0 Å². The number of aromatic nitrogens is 4. The molecule has 1 aliphatic heterocycles. The van der Waals surface area contributed by atoms with Crippen LogP contribution in [0.2, 0.25) is 0 Å². The molecular weight excluding hydrogens is 386 g/mol. The van der Waals surface area contributed by atoms with Crippen LogP contribution in [0.15, 0.2) is 9.32 Å². The first kappa shape index (κ1) is 20.0. The summed E-state index contributed by atoms with van der Waals surface area (Å²) >= 11 is 1.47. The van der Waals surface area contributed by atoms with Crippen molar-refractivity contribution in [1.29, 1.82) is 0 Å². The molecule has 4 rings (SSSR count). The Hall–Kier alpha value is -1.77. The summed E-state index contributed by atoms with van der Waals surface area (Å²) in [6.45, 7) is 4.77. The third-order valence-electron chi connectivity index (χ3n) is 5.06. The van der Waals surface area contributed by atoms with Crippen LogP contribution in [0.25, 0.3) is 21.0 Å². The predicted molar refractivity (Wildman–Crippen MR) is 109 cm³/mol. The van der Waals surface area contributed by atoms with E-state index in [0.717, 1.165) is 53.3 Å². The van der Waals surface area contributed by atoms with E-state index >= 15 is 0 Å². The molecule has 1 atom stereocenters. The standard InChI is InChI=1S/C18H23N5O2S.ClH/c1-10(19-3)9-12-20-16(25-22-12)15-11(2)14-17(26-15)21-13-7-5-4-6-8-23(13)18(14)24;/h10,19H,4-9H2,1-3H3;1H. The second-order valence-electron chi connectivity index (χ2n) is 6.94. The summed E-state index contributed by atoms with van der Waals surface area (Å²) in [4.78, 5) is 24.0. The molecule has 0 bridgehead atoms. The second-order valence-corrected chi connectivity index (χ2v) is 7.94. The molecule has 9 heteroatoms. The Kier molecular flexibility index (Phi) is 5.98. The molecule has 0 aliphatic carbocycles. The van der Waals surface area contributed by atoms with Crippen molar-refractivity contribution in [2.75, 3.05) is 7.05 Å². The van der Waals surface area contributed by atoms with Crippen LogP contribution in [0, 0.1) is 6.92 Å². The van der Waals surface area contributed by atoms with Crippen molar-refractivity contribution in [2.45, 2.75) is 58.5 Å². The van der Waals surface area contributed by atoms with Crippen molar-refractivity contribution in [3.63, 3.8) is 0 Å². The maximum atomic E-state index is 13.0. The average Bonchev–Trinajstić information content (AvgIpc) is 3.12. The summed E-state index contributed by atoms with van der Waals surface area (Å²) < 4.78 is 7.33. The summed E-state index contributed by atoms with van der Waals surface area (Å²) in [5.74, 6) is 2.05. The van der Waals surface area contributed by atoms with Crippen LogP contribution in [0.3, 0.4) is 0 Å².